The van der Waals surface area contributed by atoms with Crippen molar-refractivity contribution in [1.82, 2.24) is 5.32 Å². The van der Waals surface area contributed by atoms with Crippen molar-refractivity contribution in [3.63, 3.8) is 0 Å². The molecule has 0 aliphatic carbocycles. The van der Waals surface area contributed by atoms with E-state index in [-0.39, 0.29) is 11.6 Å². The standard InChI is InChI=1S/C12H15F2N3O2/c1-6(2)10(17-12(15)19)11(18)16-7-3-4-8(13)9(14)5-7/h3-6,10H,1-2H3,(H,16,18)(H3,15,17,19)/t10-/m1/s1. The van der Waals surface area contributed by atoms with Crippen molar-refractivity contribution in [3.8, 4) is 0 Å². The first-order valence-corrected chi connectivity index (χ1v) is 5.63. The van der Waals surface area contributed by atoms with Gasteiger partial charge in [-0.25, -0.2) is 13.6 Å². The summed E-state index contributed by atoms with van der Waals surface area (Å²) in [6.45, 7) is 3.43. The van der Waals surface area contributed by atoms with E-state index in [2.05, 4.69) is 10.6 Å². The van der Waals surface area contributed by atoms with Crippen LogP contribution in [0.4, 0.5) is 19.3 Å². The third-order valence-corrected chi connectivity index (χ3v) is 2.43. The molecule has 3 amide bonds. The molecule has 0 fully saturated rings. The lowest BCUT2D eigenvalue weighted by Crippen LogP contribution is -2.49. The van der Waals surface area contributed by atoms with E-state index < -0.39 is 29.6 Å². The SMILES string of the molecule is CC(C)[C@@H](NC(N)=O)C(=O)Nc1ccc(F)c(F)c1. The maximum atomic E-state index is 13.0. The zero-order valence-corrected chi connectivity index (χ0v) is 10.5. The first-order valence-electron chi connectivity index (χ1n) is 5.63. The van der Waals surface area contributed by atoms with Crippen LogP contribution in [0.5, 0.6) is 0 Å². The van der Waals surface area contributed by atoms with E-state index >= 15 is 0 Å². The number of hydrogen-bond donors (Lipinski definition) is 3. The number of benzene rings is 1. The molecule has 1 aromatic carbocycles. The Morgan fingerprint density at radius 3 is 2.32 bits per heavy atom. The summed E-state index contributed by atoms with van der Waals surface area (Å²) in [6, 6.07) is 1.29. The fourth-order valence-electron chi connectivity index (χ4n) is 1.48. The molecule has 0 aliphatic rings. The largest absolute Gasteiger partial charge is 0.352 e. The van der Waals surface area contributed by atoms with E-state index in [4.69, 9.17) is 5.73 Å². The molecule has 1 rings (SSSR count). The molecule has 1 aromatic rings. The van der Waals surface area contributed by atoms with Crippen LogP contribution in [0.15, 0.2) is 18.2 Å². The minimum Gasteiger partial charge on any atom is -0.352 e. The molecule has 0 heterocycles. The molecule has 5 nitrogen and oxygen atoms in total. The number of urea groups is 1. The highest BCUT2D eigenvalue weighted by atomic mass is 19.2. The lowest BCUT2D eigenvalue weighted by molar-refractivity contribution is -0.118. The van der Waals surface area contributed by atoms with Crippen molar-refractivity contribution < 1.29 is 18.4 Å². The number of anilines is 1. The molecule has 0 saturated carbocycles. The quantitative estimate of drug-likeness (QED) is 0.777. The van der Waals surface area contributed by atoms with Crippen LogP contribution < -0.4 is 16.4 Å². The van der Waals surface area contributed by atoms with E-state index in [1.165, 1.54) is 6.07 Å². The lowest BCUT2D eigenvalue weighted by Gasteiger charge is -2.20. The molecule has 0 spiro atoms. The maximum Gasteiger partial charge on any atom is 0.312 e. The number of nitrogens with two attached hydrogens (primary N) is 1. The number of carbonyl (C=O) groups is 2. The molecule has 1 atom stereocenters. The Morgan fingerprint density at radius 1 is 1.21 bits per heavy atom. The molecule has 4 N–H and O–H groups in total. The average Bonchev–Trinajstić information content (AvgIpc) is 2.30. The average molecular weight is 271 g/mol. The van der Waals surface area contributed by atoms with Crippen LogP contribution in [-0.4, -0.2) is 18.0 Å². The van der Waals surface area contributed by atoms with Crippen molar-refractivity contribution in [2.75, 3.05) is 5.32 Å². The van der Waals surface area contributed by atoms with Gasteiger partial charge in [-0.3, -0.25) is 4.79 Å². The van der Waals surface area contributed by atoms with Gasteiger partial charge in [0.25, 0.3) is 0 Å². The normalized spacial score (nSPS) is 12.1. The molecule has 0 saturated heterocycles. The van der Waals surface area contributed by atoms with Gasteiger partial charge in [0, 0.05) is 11.8 Å². The van der Waals surface area contributed by atoms with Crippen LogP contribution in [0, 0.1) is 17.6 Å². The van der Waals surface area contributed by atoms with Gasteiger partial charge in [0.1, 0.15) is 6.04 Å². The number of halogens is 2. The number of carbonyl (C=O) groups excluding carboxylic acids is 2. The topological polar surface area (TPSA) is 84.2 Å². The van der Waals surface area contributed by atoms with Crippen LogP contribution in [0.2, 0.25) is 0 Å². The van der Waals surface area contributed by atoms with Crippen LogP contribution >= 0.6 is 0 Å². The van der Waals surface area contributed by atoms with E-state index in [1.807, 2.05) is 0 Å². The fraction of sp³-hybridized carbons (Fsp3) is 0.333. The maximum absolute atomic E-state index is 13.0. The fourth-order valence-corrected chi connectivity index (χ4v) is 1.48. The summed E-state index contributed by atoms with van der Waals surface area (Å²) in [6.07, 6.45) is 0. The number of nitrogens with one attached hydrogen (secondary N) is 2. The Labute approximate surface area is 109 Å². The third kappa shape index (κ3) is 4.20. The second-order valence-corrected chi connectivity index (χ2v) is 4.35. The minimum absolute atomic E-state index is 0.0980. The van der Waals surface area contributed by atoms with Crippen LogP contribution in [0.25, 0.3) is 0 Å². The second kappa shape index (κ2) is 6.12. The molecule has 19 heavy (non-hydrogen) atoms. The van der Waals surface area contributed by atoms with Gasteiger partial charge >= 0.3 is 6.03 Å². The van der Waals surface area contributed by atoms with Crippen LogP contribution in [-0.2, 0) is 4.79 Å². The smallest absolute Gasteiger partial charge is 0.312 e. The lowest BCUT2D eigenvalue weighted by atomic mass is 10.0. The first kappa shape index (κ1) is 14.9. The summed E-state index contributed by atoms with van der Waals surface area (Å²) < 4.78 is 25.7. The van der Waals surface area contributed by atoms with Crippen molar-refractivity contribution in [1.29, 1.82) is 0 Å². The molecule has 0 unspecified atom stereocenters. The molecule has 0 aliphatic heterocycles. The Morgan fingerprint density at radius 2 is 1.84 bits per heavy atom. The van der Waals surface area contributed by atoms with Crippen molar-refractivity contribution in [2.45, 2.75) is 19.9 Å². The second-order valence-electron chi connectivity index (χ2n) is 4.35. The molecular formula is C12H15F2N3O2. The summed E-state index contributed by atoms with van der Waals surface area (Å²) in [5.41, 5.74) is 5.06. The highest BCUT2D eigenvalue weighted by molar-refractivity contribution is 5.97. The number of primary amides is 1. The van der Waals surface area contributed by atoms with E-state index in [1.54, 1.807) is 13.8 Å². The Balaban J connectivity index is 2.81. The highest BCUT2D eigenvalue weighted by Crippen LogP contribution is 2.14. The van der Waals surface area contributed by atoms with Crippen LogP contribution in [0.1, 0.15) is 13.8 Å². The predicted molar refractivity (Wildman–Crippen MR) is 66.3 cm³/mol. The summed E-state index contributed by atoms with van der Waals surface area (Å²) in [5.74, 6) is -2.84. The van der Waals surface area contributed by atoms with E-state index in [0.717, 1.165) is 12.1 Å². The Kier molecular flexibility index (Phi) is 4.80. The number of hydrogen-bond acceptors (Lipinski definition) is 2. The Hall–Kier alpha value is -2.18. The Bertz CT molecular complexity index is 492. The molecule has 104 valence electrons. The van der Waals surface area contributed by atoms with Gasteiger partial charge in [0.05, 0.1) is 0 Å². The summed E-state index contributed by atoms with van der Waals surface area (Å²) in [7, 11) is 0. The van der Waals surface area contributed by atoms with Crippen molar-refractivity contribution >= 4 is 17.6 Å². The zero-order chi connectivity index (χ0) is 14.6. The van der Waals surface area contributed by atoms with Gasteiger partial charge in [-0.1, -0.05) is 13.8 Å². The summed E-state index contributed by atoms with van der Waals surface area (Å²) in [4.78, 5) is 22.7. The minimum atomic E-state index is -1.07. The first-order chi connectivity index (χ1) is 8.81. The van der Waals surface area contributed by atoms with Gasteiger partial charge in [-0.15, -0.1) is 0 Å². The molecule has 0 bridgehead atoms. The van der Waals surface area contributed by atoms with Crippen molar-refractivity contribution in [2.24, 2.45) is 11.7 Å². The molecular weight excluding hydrogens is 256 g/mol. The third-order valence-electron chi connectivity index (χ3n) is 2.43. The molecule has 0 aromatic heterocycles. The van der Waals surface area contributed by atoms with Crippen LogP contribution in [0.3, 0.4) is 0 Å². The van der Waals surface area contributed by atoms with Gasteiger partial charge < -0.3 is 16.4 Å². The summed E-state index contributed by atoms with van der Waals surface area (Å²) in [5, 5.41) is 4.67. The van der Waals surface area contributed by atoms with Gasteiger partial charge in [0.15, 0.2) is 11.6 Å². The number of amides is 3. The van der Waals surface area contributed by atoms with Gasteiger partial charge in [0.2, 0.25) is 5.91 Å². The van der Waals surface area contributed by atoms with Gasteiger partial charge in [-0.2, -0.15) is 0 Å². The monoisotopic (exact) mass is 271 g/mol. The highest BCUT2D eigenvalue weighted by Gasteiger charge is 2.23. The van der Waals surface area contributed by atoms with E-state index in [0.29, 0.717) is 0 Å². The predicted octanol–water partition coefficient (Wildman–Crippen LogP) is 1.60. The molecule has 0 radical (unpaired) electrons. The van der Waals surface area contributed by atoms with Crippen molar-refractivity contribution in [3.05, 3.63) is 29.8 Å². The van der Waals surface area contributed by atoms with Gasteiger partial charge in [-0.05, 0) is 18.1 Å². The van der Waals surface area contributed by atoms with E-state index in [9.17, 15) is 18.4 Å². The zero-order valence-electron chi connectivity index (χ0n) is 10.5. The molecule has 7 heteroatoms. The summed E-state index contributed by atoms with van der Waals surface area (Å²) >= 11 is 0. The number of rotatable bonds is 4.